The first-order valence-corrected chi connectivity index (χ1v) is 7.19. The van der Waals surface area contributed by atoms with Crippen LogP contribution in [0.25, 0.3) is 0 Å². The fourth-order valence-corrected chi connectivity index (χ4v) is 2.36. The van der Waals surface area contributed by atoms with E-state index < -0.39 is 0 Å². The van der Waals surface area contributed by atoms with Crippen molar-refractivity contribution in [3.05, 3.63) is 53.3 Å². The largest absolute Gasteiger partial charge is 0.485 e. The molecule has 0 radical (unpaired) electrons. The van der Waals surface area contributed by atoms with Crippen LogP contribution in [0.2, 0.25) is 5.02 Å². The lowest BCUT2D eigenvalue weighted by Crippen LogP contribution is -2.19. The van der Waals surface area contributed by atoms with Crippen LogP contribution >= 0.6 is 11.6 Å². The third-order valence-electron chi connectivity index (χ3n) is 3.26. The summed E-state index contributed by atoms with van der Waals surface area (Å²) in [6.45, 7) is 1.77. The smallest absolute Gasteiger partial charge is 0.170 e. The molecule has 1 N–H and O–H groups in total. The number of benzene rings is 2. The number of nitrogens with one attached hydrogen (secondary N) is 1. The molecule has 1 unspecified atom stereocenters. The lowest BCUT2D eigenvalue weighted by molar-refractivity contribution is 0.215. The van der Waals surface area contributed by atoms with E-state index in [-0.39, 0.29) is 11.9 Å². The van der Waals surface area contributed by atoms with Crippen LogP contribution in [0.5, 0.6) is 17.2 Å². The van der Waals surface area contributed by atoms with E-state index in [0.717, 1.165) is 19.5 Å². The van der Waals surface area contributed by atoms with E-state index in [0.29, 0.717) is 22.3 Å². The minimum absolute atomic E-state index is 0.127. The van der Waals surface area contributed by atoms with Crippen LogP contribution in [0.3, 0.4) is 0 Å². The molecule has 2 aromatic carbocycles. The molecule has 1 aliphatic heterocycles. The molecule has 0 aliphatic carbocycles. The Kier molecular flexibility index (Phi) is 4.27. The zero-order valence-corrected chi connectivity index (χ0v) is 12.1. The van der Waals surface area contributed by atoms with E-state index in [1.807, 2.05) is 0 Å². The number of hydrogen-bond acceptors (Lipinski definition) is 3. The molecule has 2 aromatic rings. The fourth-order valence-electron chi connectivity index (χ4n) is 2.20. The van der Waals surface area contributed by atoms with Gasteiger partial charge >= 0.3 is 0 Å². The molecule has 0 aromatic heterocycles. The summed E-state index contributed by atoms with van der Waals surface area (Å²) in [7, 11) is 0. The molecule has 1 atom stereocenters. The van der Waals surface area contributed by atoms with E-state index in [9.17, 15) is 4.39 Å². The minimum atomic E-state index is -0.304. The second-order valence-electron chi connectivity index (χ2n) is 4.88. The Bertz CT molecular complexity index is 612. The Labute approximate surface area is 127 Å². The molecule has 21 heavy (non-hydrogen) atoms. The first-order valence-electron chi connectivity index (χ1n) is 6.81. The number of hydrogen-bond donors (Lipinski definition) is 1. The van der Waals surface area contributed by atoms with Crippen LogP contribution in [0.4, 0.5) is 4.39 Å². The minimum Gasteiger partial charge on any atom is -0.485 e. The summed E-state index contributed by atoms with van der Waals surface area (Å²) >= 11 is 6.02. The first kappa shape index (κ1) is 14.2. The summed E-state index contributed by atoms with van der Waals surface area (Å²) in [6, 6.07) is 11.1. The average molecular weight is 308 g/mol. The SMILES string of the molecule is Fc1ccc(Oc2cc(Cl)ccc2OC2CCNC2)cc1. The topological polar surface area (TPSA) is 30.5 Å². The van der Waals surface area contributed by atoms with Gasteiger partial charge in [0.25, 0.3) is 0 Å². The summed E-state index contributed by atoms with van der Waals surface area (Å²) < 4.78 is 24.6. The molecule has 1 heterocycles. The summed E-state index contributed by atoms with van der Waals surface area (Å²) in [6.07, 6.45) is 1.08. The van der Waals surface area contributed by atoms with Gasteiger partial charge in [-0.25, -0.2) is 4.39 Å². The molecule has 3 nitrogen and oxygen atoms in total. The van der Waals surface area contributed by atoms with Gasteiger partial charge in [0.05, 0.1) is 0 Å². The van der Waals surface area contributed by atoms with Crippen LogP contribution in [-0.4, -0.2) is 19.2 Å². The molecule has 1 aliphatic rings. The molecule has 0 bridgehead atoms. The Morgan fingerprint density at radius 2 is 1.90 bits per heavy atom. The van der Waals surface area contributed by atoms with Gasteiger partial charge in [0, 0.05) is 17.6 Å². The van der Waals surface area contributed by atoms with Crippen molar-refractivity contribution in [3.8, 4) is 17.2 Å². The lowest BCUT2D eigenvalue weighted by atomic mass is 10.3. The Balaban J connectivity index is 1.81. The van der Waals surface area contributed by atoms with Gasteiger partial charge in [-0.2, -0.15) is 0 Å². The summed E-state index contributed by atoms with van der Waals surface area (Å²) in [5.41, 5.74) is 0. The highest BCUT2D eigenvalue weighted by atomic mass is 35.5. The molecule has 0 amide bonds. The standard InChI is InChI=1S/C16H15ClFNO2/c17-11-1-6-15(21-14-7-8-19-10-14)16(9-11)20-13-4-2-12(18)3-5-13/h1-6,9,14,19H,7-8,10H2. The molecule has 0 saturated carbocycles. The van der Waals surface area contributed by atoms with Crippen molar-refractivity contribution < 1.29 is 13.9 Å². The third kappa shape index (κ3) is 3.65. The van der Waals surface area contributed by atoms with Gasteiger partial charge < -0.3 is 14.8 Å². The average Bonchev–Trinajstić information content (AvgIpc) is 2.97. The third-order valence-corrected chi connectivity index (χ3v) is 3.49. The molecular weight excluding hydrogens is 293 g/mol. The van der Waals surface area contributed by atoms with Crippen molar-refractivity contribution >= 4 is 11.6 Å². The van der Waals surface area contributed by atoms with Crippen molar-refractivity contribution in [3.63, 3.8) is 0 Å². The van der Waals surface area contributed by atoms with E-state index in [1.165, 1.54) is 12.1 Å². The summed E-state index contributed by atoms with van der Waals surface area (Å²) in [5, 5.41) is 3.81. The van der Waals surface area contributed by atoms with Gasteiger partial charge in [0.2, 0.25) is 0 Å². The molecule has 1 fully saturated rings. The maximum atomic E-state index is 12.9. The quantitative estimate of drug-likeness (QED) is 0.925. The van der Waals surface area contributed by atoms with E-state index in [4.69, 9.17) is 21.1 Å². The van der Waals surface area contributed by atoms with Crippen LogP contribution in [0.15, 0.2) is 42.5 Å². The van der Waals surface area contributed by atoms with Crippen LogP contribution in [0.1, 0.15) is 6.42 Å². The predicted molar refractivity (Wildman–Crippen MR) is 79.8 cm³/mol. The van der Waals surface area contributed by atoms with Crippen molar-refractivity contribution in [2.75, 3.05) is 13.1 Å². The van der Waals surface area contributed by atoms with Crippen LogP contribution in [0, 0.1) is 5.82 Å². The molecule has 110 valence electrons. The lowest BCUT2D eigenvalue weighted by Gasteiger charge is -2.16. The van der Waals surface area contributed by atoms with Gasteiger partial charge in [-0.3, -0.25) is 0 Å². The van der Waals surface area contributed by atoms with Gasteiger partial charge in [0.15, 0.2) is 11.5 Å². The van der Waals surface area contributed by atoms with E-state index >= 15 is 0 Å². The summed E-state index contributed by atoms with van der Waals surface area (Å²) in [4.78, 5) is 0. The van der Waals surface area contributed by atoms with Crippen molar-refractivity contribution in [2.45, 2.75) is 12.5 Å². The number of rotatable bonds is 4. The normalized spacial score (nSPS) is 17.7. The van der Waals surface area contributed by atoms with Crippen molar-refractivity contribution in [1.29, 1.82) is 0 Å². The Morgan fingerprint density at radius 3 is 2.62 bits per heavy atom. The number of halogens is 2. The zero-order chi connectivity index (χ0) is 14.7. The molecular formula is C16H15ClFNO2. The fraction of sp³-hybridized carbons (Fsp3) is 0.250. The zero-order valence-electron chi connectivity index (χ0n) is 11.3. The Hall–Kier alpha value is -1.78. The van der Waals surface area contributed by atoms with Crippen molar-refractivity contribution in [1.82, 2.24) is 5.32 Å². The van der Waals surface area contributed by atoms with Crippen LogP contribution in [-0.2, 0) is 0 Å². The second kappa shape index (κ2) is 6.33. The second-order valence-corrected chi connectivity index (χ2v) is 5.32. The predicted octanol–water partition coefficient (Wildman–Crippen LogP) is 4.01. The highest BCUT2D eigenvalue weighted by Gasteiger charge is 2.18. The maximum Gasteiger partial charge on any atom is 0.170 e. The van der Waals surface area contributed by atoms with E-state index in [2.05, 4.69) is 5.32 Å². The number of ether oxygens (including phenoxy) is 2. The van der Waals surface area contributed by atoms with Gasteiger partial charge in [-0.1, -0.05) is 11.6 Å². The Morgan fingerprint density at radius 1 is 1.10 bits per heavy atom. The first-order chi connectivity index (χ1) is 10.2. The maximum absolute atomic E-state index is 12.9. The van der Waals surface area contributed by atoms with Gasteiger partial charge in [-0.15, -0.1) is 0 Å². The highest BCUT2D eigenvalue weighted by Crippen LogP contribution is 2.35. The van der Waals surface area contributed by atoms with E-state index in [1.54, 1.807) is 30.3 Å². The molecule has 3 rings (SSSR count). The highest BCUT2D eigenvalue weighted by molar-refractivity contribution is 6.30. The monoisotopic (exact) mass is 307 g/mol. The molecule has 0 spiro atoms. The molecule has 5 heteroatoms. The van der Waals surface area contributed by atoms with Crippen molar-refractivity contribution in [2.24, 2.45) is 0 Å². The van der Waals surface area contributed by atoms with Gasteiger partial charge in [0.1, 0.15) is 17.7 Å². The van der Waals surface area contributed by atoms with Crippen LogP contribution < -0.4 is 14.8 Å². The summed E-state index contributed by atoms with van der Waals surface area (Å²) in [5.74, 6) is 1.40. The molecule has 1 saturated heterocycles. The van der Waals surface area contributed by atoms with Gasteiger partial charge in [-0.05, 0) is 49.4 Å².